The van der Waals surface area contributed by atoms with Gasteiger partial charge < -0.3 is 0 Å². The second-order valence-electron chi connectivity index (χ2n) is 1.55. The molecule has 0 aliphatic heterocycles. The summed E-state index contributed by atoms with van der Waals surface area (Å²) in [7, 11) is 4.06. The van der Waals surface area contributed by atoms with E-state index >= 15 is 0 Å². The molecule has 6 heavy (non-hydrogen) atoms. The van der Waals surface area contributed by atoms with Crippen molar-refractivity contribution in [3.63, 3.8) is 0 Å². The lowest BCUT2D eigenvalue weighted by atomic mass is 11.0. The van der Waals surface area contributed by atoms with Crippen molar-refractivity contribution in [2.45, 2.75) is 13.3 Å². The van der Waals surface area contributed by atoms with Crippen LogP contribution in [0.25, 0.3) is 0 Å². The first-order valence-electron chi connectivity index (χ1n) is 2.27. The largest absolute Gasteiger partial charge is 0.245 e. The van der Waals surface area contributed by atoms with E-state index < -0.39 is 0 Å². The molecule has 36 valence electrons. The van der Waals surface area contributed by atoms with E-state index in [9.17, 15) is 0 Å². The second kappa shape index (κ2) is 2.88. The third kappa shape index (κ3) is 3.67. The van der Waals surface area contributed by atoms with Crippen LogP contribution in [0.4, 0.5) is 0 Å². The van der Waals surface area contributed by atoms with Crippen LogP contribution < -0.4 is 0 Å². The van der Waals surface area contributed by atoms with Gasteiger partial charge in [0, 0.05) is 6.42 Å². The van der Waals surface area contributed by atoms with E-state index in [1.807, 2.05) is 14.1 Å². The summed E-state index contributed by atoms with van der Waals surface area (Å²) in [5.41, 5.74) is 0. The fourth-order valence-electron chi connectivity index (χ4n) is 0.365. The molecule has 0 amide bonds. The highest BCUT2D eigenvalue weighted by molar-refractivity contribution is 5.49. The van der Waals surface area contributed by atoms with Crippen molar-refractivity contribution < 1.29 is 4.58 Å². The van der Waals surface area contributed by atoms with Gasteiger partial charge in [-0.1, -0.05) is 6.92 Å². The van der Waals surface area contributed by atoms with Crippen LogP contribution in [-0.4, -0.2) is 24.9 Å². The lowest BCUT2D eigenvalue weighted by molar-refractivity contribution is -0.460. The zero-order valence-corrected chi connectivity index (χ0v) is 4.73. The fraction of sp³-hybridized carbons (Fsp3) is 0.800. The molecule has 0 bridgehead atoms. The minimum Gasteiger partial charge on any atom is -0.245 e. The first-order valence-corrected chi connectivity index (χ1v) is 2.27. The Hall–Kier alpha value is -0.330. The normalized spacial score (nSPS) is 12.2. The molecule has 0 saturated heterocycles. The van der Waals surface area contributed by atoms with Gasteiger partial charge >= 0.3 is 0 Å². The molecule has 1 heteroatoms. The van der Waals surface area contributed by atoms with E-state index in [0.29, 0.717) is 0 Å². The maximum Gasteiger partial charge on any atom is 0.138 e. The highest BCUT2D eigenvalue weighted by Crippen LogP contribution is 1.61. The van der Waals surface area contributed by atoms with Crippen LogP contribution in [0, 0.1) is 0 Å². The first-order chi connectivity index (χ1) is 2.77. The molecule has 0 atom stereocenters. The standard InChI is InChI=1S/C5H12N/c1-4-5-6(2)3/h5H,4H2,1-3H3/q+1/i1+1,2+1,4+1/b6-5+. The number of hydrogen-bond donors (Lipinski definition) is 0. The summed E-state index contributed by atoms with van der Waals surface area (Å²) < 4.78 is 2.06. The molecule has 0 aliphatic rings. The van der Waals surface area contributed by atoms with Crippen molar-refractivity contribution in [1.82, 2.24) is 0 Å². The molecule has 0 aliphatic carbocycles. The number of hydrogen-bond acceptors (Lipinski definition) is 0. The van der Waals surface area contributed by atoms with E-state index in [0.717, 1.165) is 6.42 Å². The minimum atomic E-state index is 1.13. The molecule has 1 nitrogen and oxygen atoms in total. The van der Waals surface area contributed by atoms with E-state index in [2.05, 4.69) is 17.7 Å². The summed E-state index contributed by atoms with van der Waals surface area (Å²) in [5.74, 6) is 0. The molecule has 0 heterocycles. The quantitative estimate of drug-likeness (QED) is 0.253. The van der Waals surface area contributed by atoms with Crippen LogP contribution in [0.15, 0.2) is 0 Å². The molecule has 0 N–H and O–H groups in total. The van der Waals surface area contributed by atoms with Crippen LogP contribution in [-0.2, 0) is 0 Å². The third-order valence-electron chi connectivity index (χ3n) is 0.548. The Balaban J connectivity index is 3.14. The molecule has 0 fully saturated rings. The lowest BCUT2D eigenvalue weighted by Gasteiger charge is -1.76. The summed E-state index contributed by atoms with van der Waals surface area (Å²) in [5, 5.41) is 0. The smallest absolute Gasteiger partial charge is 0.138 e. The van der Waals surface area contributed by atoms with Crippen molar-refractivity contribution in [2.24, 2.45) is 0 Å². The van der Waals surface area contributed by atoms with Gasteiger partial charge in [0.1, 0.15) is 20.3 Å². The van der Waals surface area contributed by atoms with Crippen LogP contribution in [0.3, 0.4) is 0 Å². The predicted molar refractivity (Wildman–Crippen MR) is 28.5 cm³/mol. The van der Waals surface area contributed by atoms with Crippen molar-refractivity contribution in [2.75, 3.05) is 14.1 Å². The van der Waals surface area contributed by atoms with Gasteiger partial charge in [-0.3, -0.25) is 0 Å². The number of nitrogens with zero attached hydrogens (tertiary/aromatic N) is 1. The zero-order chi connectivity index (χ0) is 4.99. The summed E-state index contributed by atoms with van der Waals surface area (Å²) in [6.07, 6.45) is 3.26. The number of rotatable bonds is 1. The Morgan fingerprint density at radius 2 is 2.00 bits per heavy atom. The van der Waals surface area contributed by atoms with Crippen LogP contribution in [0.1, 0.15) is 13.3 Å². The van der Waals surface area contributed by atoms with E-state index in [1.165, 1.54) is 0 Å². The highest BCUT2D eigenvalue weighted by Gasteiger charge is 1.72. The summed E-state index contributed by atoms with van der Waals surface area (Å²) in [4.78, 5) is 0. The molecular weight excluding hydrogens is 77.0 g/mol. The molecular formula is C5H12N+. The van der Waals surface area contributed by atoms with Gasteiger partial charge in [-0.05, 0) is 0 Å². The molecule has 0 saturated carbocycles. The Kier molecular flexibility index (Phi) is 2.73. The van der Waals surface area contributed by atoms with Gasteiger partial charge in [0.15, 0.2) is 0 Å². The first kappa shape index (κ1) is 5.67. The highest BCUT2D eigenvalue weighted by atomic mass is 15.0. The van der Waals surface area contributed by atoms with Gasteiger partial charge in [0.2, 0.25) is 0 Å². The average Bonchev–Trinajstić information content (AvgIpc) is 1.35. The van der Waals surface area contributed by atoms with Crippen LogP contribution >= 0.6 is 0 Å². The fourth-order valence-corrected chi connectivity index (χ4v) is 0.365. The summed E-state index contributed by atoms with van der Waals surface area (Å²) in [6.45, 7) is 2.12. The van der Waals surface area contributed by atoms with Gasteiger partial charge in [-0.25, -0.2) is 4.58 Å². The Bertz CT molecular complexity index is 51.0. The molecule has 0 aromatic rings. The summed E-state index contributed by atoms with van der Waals surface area (Å²) >= 11 is 0. The molecule has 0 aromatic heterocycles. The van der Waals surface area contributed by atoms with Gasteiger partial charge in [0.25, 0.3) is 0 Å². The van der Waals surface area contributed by atoms with Crippen molar-refractivity contribution >= 4 is 6.21 Å². The third-order valence-corrected chi connectivity index (χ3v) is 0.548. The van der Waals surface area contributed by atoms with Gasteiger partial charge in [-0.2, -0.15) is 0 Å². The lowest BCUT2D eigenvalue weighted by Crippen LogP contribution is -1.95. The topological polar surface area (TPSA) is 3.01 Å². The minimum absolute atomic E-state index is 1.13. The van der Waals surface area contributed by atoms with Gasteiger partial charge in [0.05, 0.1) is 0 Å². The SMILES string of the molecule is C/[N+]([13CH3])=C/[13CH2][13CH3]. The Morgan fingerprint density at radius 1 is 1.50 bits per heavy atom. The predicted octanol–water partition coefficient (Wildman–Crippen LogP) is 0.739. The van der Waals surface area contributed by atoms with Crippen molar-refractivity contribution in [1.29, 1.82) is 0 Å². The van der Waals surface area contributed by atoms with E-state index in [4.69, 9.17) is 0 Å². The van der Waals surface area contributed by atoms with E-state index in [1.54, 1.807) is 0 Å². The molecule has 0 radical (unpaired) electrons. The Morgan fingerprint density at radius 3 is 2.00 bits per heavy atom. The van der Waals surface area contributed by atoms with Crippen molar-refractivity contribution in [3.05, 3.63) is 0 Å². The van der Waals surface area contributed by atoms with Crippen molar-refractivity contribution in [3.8, 4) is 0 Å². The average molecular weight is 89.1 g/mol. The molecule has 0 rings (SSSR count). The second-order valence-corrected chi connectivity index (χ2v) is 1.55. The molecule has 0 aromatic carbocycles. The van der Waals surface area contributed by atoms with Gasteiger partial charge in [-0.15, -0.1) is 0 Å². The molecule has 0 spiro atoms. The maximum atomic E-state index is 2.12. The van der Waals surface area contributed by atoms with E-state index in [-0.39, 0.29) is 0 Å². The summed E-state index contributed by atoms with van der Waals surface area (Å²) in [6, 6.07) is 0. The van der Waals surface area contributed by atoms with Crippen LogP contribution in [0.5, 0.6) is 0 Å². The molecule has 0 unspecified atom stereocenters. The Labute approximate surface area is 39.3 Å². The monoisotopic (exact) mass is 89.1 g/mol. The maximum absolute atomic E-state index is 2.12. The zero-order valence-electron chi connectivity index (χ0n) is 4.73. The van der Waals surface area contributed by atoms with Crippen LogP contribution in [0.2, 0.25) is 0 Å².